The predicted molar refractivity (Wildman–Crippen MR) is 73.8 cm³/mol. The largest absolute Gasteiger partial charge is 0.375 e. The standard InChI is InChI=1S/C13H24N2O2.ClH/c1-10(14)13(16)15-8-6-12(7-9-15)17-11-4-2-3-5-11;/h10-12H,2-9,14H2,1H3;1H/t10-;/m0./s1. The van der Waals surface area contributed by atoms with Gasteiger partial charge in [-0.25, -0.2) is 0 Å². The molecule has 2 aliphatic rings. The van der Waals surface area contributed by atoms with Gasteiger partial charge in [0.2, 0.25) is 5.91 Å². The maximum Gasteiger partial charge on any atom is 0.239 e. The molecule has 1 atom stereocenters. The van der Waals surface area contributed by atoms with Gasteiger partial charge in [0.15, 0.2) is 0 Å². The summed E-state index contributed by atoms with van der Waals surface area (Å²) < 4.78 is 6.07. The van der Waals surface area contributed by atoms with Crippen LogP contribution in [-0.4, -0.2) is 42.1 Å². The first-order valence-corrected chi connectivity index (χ1v) is 6.86. The summed E-state index contributed by atoms with van der Waals surface area (Å²) >= 11 is 0. The van der Waals surface area contributed by atoms with E-state index in [4.69, 9.17) is 10.5 Å². The summed E-state index contributed by atoms with van der Waals surface area (Å²) in [4.78, 5) is 13.6. The summed E-state index contributed by atoms with van der Waals surface area (Å²) in [5.41, 5.74) is 5.61. The number of rotatable bonds is 3. The molecule has 5 heteroatoms. The Bertz CT molecular complexity index is 260. The lowest BCUT2D eigenvalue weighted by molar-refractivity contribution is -0.135. The van der Waals surface area contributed by atoms with Gasteiger partial charge in [0.1, 0.15) is 0 Å². The fraction of sp³-hybridized carbons (Fsp3) is 0.923. The van der Waals surface area contributed by atoms with Crippen molar-refractivity contribution in [2.24, 2.45) is 5.73 Å². The summed E-state index contributed by atoms with van der Waals surface area (Å²) in [6.07, 6.45) is 7.84. The zero-order valence-electron chi connectivity index (χ0n) is 11.1. The van der Waals surface area contributed by atoms with Crippen LogP contribution in [0.2, 0.25) is 0 Å². The monoisotopic (exact) mass is 276 g/mol. The van der Waals surface area contributed by atoms with Crippen LogP contribution in [0.4, 0.5) is 0 Å². The second-order valence-corrected chi connectivity index (χ2v) is 5.36. The average Bonchev–Trinajstić information content (AvgIpc) is 2.82. The highest BCUT2D eigenvalue weighted by Crippen LogP contribution is 2.25. The number of halogens is 1. The molecule has 1 saturated heterocycles. The minimum Gasteiger partial charge on any atom is -0.375 e. The number of likely N-dealkylation sites (tertiary alicyclic amines) is 1. The molecule has 1 amide bonds. The van der Waals surface area contributed by atoms with E-state index >= 15 is 0 Å². The number of ether oxygens (including phenoxy) is 1. The SMILES string of the molecule is C[C@H](N)C(=O)N1CCC(OC2CCCC2)CC1.Cl. The fourth-order valence-electron chi connectivity index (χ4n) is 2.80. The van der Waals surface area contributed by atoms with Gasteiger partial charge < -0.3 is 15.4 Å². The smallest absolute Gasteiger partial charge is 0.239 e. The topological polar surface area (TPSA) is 55.6 Å². The molecule has 0 unspecified atom stereocenters. The van der Waals surface area contributed by atoms with Crippen LogP contribution < -0.4 is 5.73 Å². The Hall–Kier alpha value is -0.320. The average molecular weight is 277 g/mol. The quantitative estimate of drug-likeness (QED) is 0.854. The van der Waals surface area contributed by atoms with Crippen LogP contribution in [0.1, 0.15) is 45.4 Å². The maximum atomic E-state index is 11.7. The van der Waals surface area contributed by atoms with Crippen LogP contribution in [0.3, 0.4) is 0 Å². The zero-order valence-corrected chi connectivity index (χ0v) is 12.0. The number of nitrogens with two attached hydrogens (primary N) is 1. The molecule has 1 heterocycles. The van der Waals surface area contributed by atoms with Gasteiger partial charge in [0.05, 0.1) is 18.2 Å². The van der Waals surface area contributed by atoms with E-state index < -0.39 is 0 Å². The van der Waals surface area contributed by atoms with Gasteiger partial charge in [0, 0.05) is 13.1 Å². The van der Waals surface area contributed by atoms with E-state index in [2.05, 4.69) is 0 Å². The van der Waals surface area contributed by atoms with Crippen molar-refractivity contribution >= 4 is 18.3 Å². The first-order valence-electron chi connectivity index (χ1n) is 6.86. The summed E-state index contributed by atoms with van der Waals surface area (Å²) in [5, 5.41) is 0. The van der Waals surface area contributed by atoms with E-state index in [0.717, 1.165) is 25.9 Å². The molecule has 2 N–H and O–H groups in total. The zero-order chi connectivity index (χ0) is 12.3. The van der Waals surface area contributed by atoms with Crippen molar-refractivity contribution in [3.8, 4) is 0 Å². The number of hydrogen-bond acceptors (Lipinski definition) is 3. The Kier molecular flexibility index (Phi) is 6.39. The highest BCUT2D eigenvalue weighted by atomic mass is 35.5. The summed E-state index contributed by atoms with van der Waals surface area (Å²) in [5.74, 6) is 0.0734. The summed E-state index contributed by atoms with van der Waals surface area (Å²) in [6, 6.07) is -0.373. The molecular formula is C13H25ClN2O2. The van der Waals surface area contributed by atoms with Crippen molar-refractivity contribution in [3.63, 3.8) is 0 Å². The number of piperidine rings is 1. The van der Waals surface area contributed by atoms with Crippen LogP contribution in [0.25, 0.3) is 0 Å². The Morgan fingerprint density at radius 2 is 1.67 bits per heavy atom. The molecule has 2 rings (SSSR count). The minimum atomic E-state index is -0.373. The molecule has 0 aromatic carbocycles. The van der Waals surface area contributed by atoms with E-state index in [1.165, 1.54) is 25.7 Å². The van der Waals surface area contributed by atoms with Crippen LogP contribution in [0.15, 0.2) is 0 Å². The summed E-state index contributed by atoms with van der Waals surface area (Å²) in [6.45, 7) is 3.36. The molecule has 18 heavy (non-hydrogen) atoms. The number of carbonyl (C=O) groups excluding carboxylic acids is 1. The summed E-state index contributed by atoms with van der Waals surface area (Å²) in [7, 11) is 0. The predicted octanol–water partition coefficient (Wildman–Crippen LogP) is 1.71. The number of hydrogen-bond donors (Lipinski definition) is 1. The van der Waals surface area contributed by atoms with E-state index in [1.54, 1.807) is 6.92 Å². The lowest BCUT2D eigenvalue weighted by Gasteiger charge is -2.34. The number of amides is 1. The lowest BCUT2D eigenvalue weighted by Crippen LogP contribution is -2.47. The van der Waals surface area contributed by atoms with Crippen LogP contribution in [0.5, 0.6) is 0 Å². The van der Waals surface area contributed by atoms with Crippen LogP contribution in [-0.2, 0) is 9.53 Å². The van der Waals surface area contributed by atoms with E-state index in [1.807, 2.05) is 4.90 Å². The van der Waals surface area contributed by atoms with Gasteiger partial charge in [-0.1, -0.05) is 12.8 Å². The normalized spacial score (nSPS) is 23.8. The Morgan fingerprint density at radius 3 is 2.17 bits per heavy atom. The second kappa shape index (κ2) is 7.31. The molecule has 2 fully saturated rings. The van der Waals surface area contributed by atoms with Gasteiger partial charge in [-0.15, -0.1) is 12.4 Å². The highest BCUT2D eigenvalue weighted by Gasteiger charge is 2.27. The van der Waals surface area contributed by atoms with Crippen LogP contribution in [0, 0.1) is 0 Å². The van der Waals surface area contributed by atoms with Gasteiger partial charge in [0.25, 0.3) is 0 Å². The van der Waals surface area contributed by atoms with Crippen molar-refractivity contribution in [2.75, 3.05) is 13.1 Å². The lowest BCUT2D eigenvalue weighted by atomic mass is 10.1. The molecule has 0 aromatic heterocycles. The third-order valence-corrected chi connectivity index (χ3v) is 3.83. The Balaban J connectivity index is 0.00000162. The third-order valence-electron chi connectivity index (χ3n) is 3.83. The third kappa shape index (κ3) is 4.11. The highest BCUT2D eigenvalue weighted by molar-refractivity contribution is 5.85. The van der Waals surface area contributed by atoms with Gasteiger partial charge >= 0.3 is 0 Å². The van der Waals surface area contributed by atoms with E-state index in [-0.39, 0.29) is 24.4 Å². The number of carbonyl (C=O) groups is 1. The van der Waals surface area contributed by atoms with Gasteiger partial charge in [-0.05, 0) is 32.6 Å². The molecule has 1 aliphatic heterocycles. The fourth-order valence-corrected chi connectivity index (χ4v) is 2.80. The molecule has 0 bridgehead atoms. The number of nitrogens with zero attached hydrogens (tertiary/aromatic N) is 1. The Labute approximate surface area is 116 Å². The van der Waals surface area contributed by atoms with Crippen molar-refractivity contribution in [1.29, 1.82) is 0 Å². The molecule has 4 nitrogen and oxygen atoms in total. The van der Waals surface area contributed by atoms with Crippen molar-refractivity contribution in [1.82, 2.24) is 4.90 Å². The van der Waals surface area contributed by atoms with Crippen LogP contribution >= 0.6 is 12.4 Å². The molecule has 106 valence electrons. The van der Waals surface area contributed by atoms with Crippen molar-refractivity contribution in [2.45, 2.75) is 63.7 Å². The van der Waals surface area contributed by atoms with E-state index in [0.29, 0.717) is 12.2 Å². The second-order valence-electron chi connectivity index (χ2n) is 5.36. The first kappa shape index (κ1) is 15.7. The Morgan fingerprint density at radius 1 is 1.17 bits per heavy atom. The minimum absolute atomic E-state index is 0. The molecule has 0 aromatic rings. The van der Waals surface area contributed by atoms with Crippen molar-refractivity contribution < 1.29 is 9.53 Å². The van der Waals surface area contributed by atoms with Gasteiger partial charge in [-0.3, -0.25) is 4.79 Å². The molecule has 1 saturated carbocycles. The first-order chi connectivity index (χ1) is 8.16. The molecule has 0 radical (unpaired) electrons. The molecule has 1 aliphatic carbocycles. The van der Waals surface area contributed by atoms with E-state index in [9.17, 15) is 4.79 Å². The van der Waals surface area contributed by atoms with Crippen molar-refractivity contribution in [3.05, 3.63) is 0 Å². The molecule has 0 spiro atoms. The molecular weight excluding hydrogens is 252 g/mol. The van der Waals surface area contributed by atoms with Gasteiger partial charge in [-0.2, -0.15) is 0 Å². The maximum absolute atomic E-state index is 11.7.